The summed E-state index contributed by atoms with van der Waals surface area (Å²) in [6.07, 6.45) is -16.7. The van der Waals surface area contributed by atoms with E-state index < -0.39 is 24.5 Å². The molecule has 0 fully saturated rings. The van der Waals surface area contributed by atoms with E-state index >= 15 is 0 Å². The van der Waals surface area contributed by atoms with Gasteiger partial charge in [0.15, 0.2) is 0 Å². The number of carbonyl (C=O) groups excluding carboxylic acids is 1. The summed E-state index contributed by atoms with van der Waals surface area (Å²) in [5.74, 6) is 0. The summed E-state index contributed by atoms with van der Waals surface area (Å²) in [6, 6.07) is 0. The van der Waals surface area contributed by atoms with Gasteiger partial charge in [-0.25, -0.2) is 4.79 Å². The Morgan fingerprint density at radius 2 is 1.38 bits per heavy atom. The highest BCUT2D eigenvalue weighted by Gasteiger charge is 2.60. The second kappa shape index (κ2) is 10.5. The van der Waals surface area contributed by atoms with Crippen molar-refractivity contribution in [2.45, 2.75) is 66.4 Å². The minimum absolute atomic E-state index is 0.0322. The van der Waals surface area contributed by atoms with Gasteiger partial charge >= 0.3 is 18.4 Å². The largest absolute Gasteiger partial charge is 0.434 e. The van der Waals surface area contributed by atoms with Crippen molar-refractivity contribution < 1.29 is 35.9 Å². The number of nitrogens with zero attached hydrogens (tertiary/aromatic N) is 1. The van der Waals surface area contributed by atoms with Crippen molar-refractivity contribution in [2.24, 2.45) is 0 Å². The molecule has 0 unspecified atom stereocenters. The molecule has 1 heterocycles. The van der Waals surface area contributed by atoms with E-state index in [0.29, 0.717) is 6.42 Å². The Labute approximate surface area is 138 Å². The van der Waals surface area contributed by atoms with Gasteiger partial charge < -0.3 is 9.64 Å². The maximum Gasteiger partial charge on any atom is 0.434 e. The van der Waals surface area contributed by atoms with Gasteiger partial charge in [-0.3, -0.25) is 0 Å². The topological polar surface area (TPSA) is 29.5 Å². The van der Waals surface area contributed by atoms with Gasteiger partial charge in [-0.05, 0) is 20.3 Å². The van der Waals surface area contributed by atoms with Gasteiger partial charge in [0, 0.05) is 13.1 Å². The number of amides is 1. The molecule has 0 aliphatic carbocycles. The Morgan fingerprint density at radius 1 is 0.958 bits per heavy atom. The minimum atomic E-state index is -5.69. The summed E-state index contributed by atoms with van der Waals surface area (Å²) < 4.78 is 77.2. The van der Waals surface area contributed by atoms with Crippen molar-refractivity contribution in [3.63, 3.8) is 0 Å². The van der Waals surface area contributed by atoms with E-state index in [1.807, 2.05) is 27.7 Å². The van der Waals surface area contributed by atoms with E-state index in [2.05, 4.69) is 4.74 Å². The van der Waals surface area contributed by atoms with Gasteiger partial charge in [0.2, 0.25) is 0 Å². The molecule has 0 bridgehead atoms. The lowest BCUT2D eigenvalue weighted by Crippen LogP contribution is -2.49. The molecule has 0 radical (unpaired) electrons. The second-order valence-electron chi connectivity index (χ2n) is 4.58. The summed E-state index contributed by atoms with van der Waals surface area (Å²) in [5.41, 5.74) is 1.68. The monoisotopic (exact) mass is 365 g/mol. The van der Waals surface area contributed by atoms with Crippen LogP contribution < -0.4 is 0 Å². The van der Waals surface area contributed by atoms with Crippen molar-refractivity contribution in [1.82, 2.24) is 4.90 Å². The lowest BCUT2D eigenvalue weighted by Gasteiger charge is -2.30. The summed E-state index contributed by atoms with van der Waals surface area (Å²) in [4.78, 5) is 12.3. The zero-order chi connectivity index (χ0) is 19.7. The SMILES string of the molecule is CC.CC.CC1=C(C)CN(C(=O)OC(C(F)(F)F)C(F)(F)F)CC1. The van der Waals surface area contributed by atoms with E-state index in [9.17, 15) is 31.1 Å². The van der Waals surface area contributed by atoms with E-state index in [-0.39, 0.29) is 13.1 Å². The first-order chi connectivity index (χ1) is 10.9. The summed E-state index contributed by atoms with van der Waals surface area (Å²) in [5, 5.41) is 0. The second-order valence-corrected chi connectivity index (χ2v) is 4.58. The van der Waals surface area contributed by atoms with Crippen LogP contribution >= 0.6 is 0 Å². The van der Waals surface area contributed by atoms with Crippen LogP contribution in [0.5, 0.6) is 0 Å². The molecule has 1 aliphatic rings. The Bertz CT molecular complexity index is 401. The number of hydrogen-bond donors (Lipinski definition) is 0. The number of carbonyl (C=O) groups is 1. The molecule has 0 atom stereocenters. The summed E-state index contributed by atoms with van der Waals surface area (Å²) in [7, 11) is 0. The van der Waals surface area contributed by atoms with Crippen LogP contribution in [0.4, 0.5) is 31.1 Å². The highest BCUT2D eigenvalue weighted by Crippen LogP contribution is 2.36. The molecule has 0 saturated carbocycles. The lowest BCUT2D eigenvalue weighted by molar-refractivity contribution is -0.308. The minimum Gasteiger partial charge on any atom is -0.426 e. The van der Waals surface area contributed by atoms with Gasteiger partial charge in [-0.2, -0.15) is 26.3 Å². The highest BCUT2D eigenvalue weighted by atomic mass is 19.4. The smallest absolute Gasteiger partial charge is 0.426 e. The summed E-state index contributed by atoms with van der Waals surface area (Å²) >= 11 is 0. The molecule has 1 rings (SSSR count). The maximum absolute atomic E-state index is 12.3. The molecule has 0 aromatic heterocycles. The third-order valence-electron chi connectivity index (χ3n) is 2.98. The van der Waals surface area contributed by atoms with Crippen molar-refractivity contribution >= 4 is 6.09 Å². The Balaban J connectivity index is 0. The Kier molecular flexibility index (Phi) is 10.8. The van der Waals surface area contributed by atoms with Crippen molar-refractivity contribution in [2.75, 3.05) is 13.1 Å². The quantitative estimate of drug-likeness (QED) is 0.440. The molecule has 1 amide bonds. The Hall–Kier alpha value is -1.41. The normalized spacial score (nSPS) is 15.3. The van der Waals surface area contributed by atoms with E-state index in [1.165, 1.54) is 0 Å². The zero-order valence-electron chi connectivity index (χ0n) is 14.7. The summed E-state index contributed by atoms with van der Waals surface area (Å²) in [6.45, 7) is 11.4. The van der Waals surface area contributed by atoms with E-state index in [0.717, 1.165) is 16.0 Å². The van der Waals surface area contributed by atoms with Crippen LogP contribution in [0.25, 0.3) is 0 Å². The number of ether oxygens (including phenoxy) is 1. The van der Waals surface area contributed by atoms with Crippen molar-refractivity contribution in [3.8, 4) is 0 Å². The van der Waals surface area contributed by atoms with Crippen LogP contribution in [-0.2, 0) is 4.74 Å². The first kappa shape index (κ1) is 24.8. The fourth-order valence-corrected chi connectivity index (χ4v) is 1.67. The average molecular weight is 365 g/mol. The molecule has 0 N–H and O–H groups in total. The van der Waals surface area contributed by atoms with Crippen LogP contribution in [-0.4, -0.2) is 42.5 Å². The first-order valence-electron chi connectivity index (χ1n) is 7.67. The Morgan fingerprint density at radius 3 is 1.71 bits per heavy atom. The predicted octanol–water partition coefficient (Wildman–Crippen LogP) is 5.71. The number of halogens is 6. The maximum atomic E-state index is 12.3. The third kappa shape index (κ3) is 7.92. The fraction of sp³-hybridized carbons (Fsp3) is 0.800. The van der Waals surface area contributed by atoms with Gasteiger partial charge in [-0.15, -0.1) is 0 Å². The number of alkyl halides is 6. The van der Waals surface area contributed by atoms with Crippen LogP contribution in [0.1, 0.15) is 48.0 Å². The predicted molar refractivity (Wildman–Crippen MR) is 79.6 cm³/mol. The van der Waals surface area contributed by atoms with Gasteiger partial charge in [0.1, 0.15) is 0 Å². The van der Waals surface area contributed by atoms with Crippen molar-refractivity contribution in [1.29, 1.82) is 0 Å². The molecule has 0 saturated heterocycles. The highest BCUT2D eigenvalue weighted by molar-refractivity contribution is 5.68. The van der Waals surface area contributed by atoms with Crippen LogP contribution in [0.3, 0.4) is 0 Å². The first-order valence-corrected chi connectivity index (χ1v) is 7.67. The van der Waals surface area contributed by atoms with Gasteiger partial charge in [-0.1, -0.05) is 38.8 Å². The van der Waals surface area contributed by atoms with E-state index in [1.54, 1.807) is 13.8 Å². The molecular weight excluding hydrogens is 340 g/mol. The van der Waals surface area contributed by atoms with Crippen LogP contribution in [0, 0.1) is 0 Å². The molecule has 1 aliphatic heterocycles. The molecule has 0 spiro atoms. The number of rotatable bonds is 1. The average Bonchev–Trinajstić information content (AvgIpc) is 2.49. The molecule has 24 heavy (non-hydrogen) atoms. The molecular formula is C15H25F6NO2. The van der Waals surface area contributed by atoms with E-state index in [4.69, 9.17) is 0 Å². The third-order valence-corrected chi connectivity index (χ3v) is 2.98. The fourth-order valence-electron chi connectivity index (χ4n) is 1.67. The molecule has 0 aromatic rings. The molecule has 9 heteroatoms. The van der Waals surface area contributed by atoms with Gasteiger partial charge in [0.25, 0.3) is 6.10 Å². The molecule has 3 nitrogen and oxygen atoms in total. The van der Waals surface area contributed by atoms with Crippen LogP contribution in [0.2, 0.25) is 0 Å². The molecule has 144 valence electrons. The standard InChI is InChI=1S/C11H13F6NO2.2C2H6/c1-6-3-4-18(5-7(6)2)9(19)20-8(10(12,13)14)11(15,16)17;2*1-2/h8H,3-5H2,1-2H3;2*1-2H3. The number of hydrogen-bond acceptors (Lipinski definition) is 2. The van der Waals surface area contributed by atoms with Gasteiger partial charge in [0.05, 0.1) is 0 Å². The van der Waals surface area contributed by atoms with Crippen molar-refractivity contribution in [3.05, 3.63) is 11.1 Å². The lowest BCUT2D eigenvalue weighted by atomic mass is 10.0. The van der Waals surface area contributed by atoms with Crippen LogP contribution in [0.15, 0.2) is 11.1 Å². The zero-order valence-corrected chi connectivity index (χ0v) is 14.7. The molecule has 0 aromatic carbocycles.